The minimum atomic E-state index is -0.129. The van der Waals surface area contributed by atoms with E-state index in [2.05, 4.69) is 24.5 Å². The summed E-state index contributed by atoms with van der Waals surface area (Å²) in [5.41, 5.74) is 7.07. The van der Waals surface area contributed by atoms with E-state index in [1.54, 1.807) is 24.3 Å². The summed E-state index contributed by atoms with van der Waals surface area (Å²) >= 11 is 0. The zero-order valence-electron chi connectivity index (χ0n) is 11.6. The molecule has 1 aromatic carbocycles. The number of carbonyl (C=O) groups excluding carboxylic acids is 1. The summed E-state index contributed by atoms with van der Waals surface area (Å²) in [5.74, 6) is 1.37. The normalized spacial score (nSPS) is 26.7. The van der Waals surface area contributed by atoms with Gasteiger partial charge in [0.1, 0.15) is 0 Å². The predicted octanol–water partition coefficient (Wildman–Crippen LogP) is 3.22. The lowest BCUT2D eigenvalue weighted by atomic mass is 9.80. The van der Waals surface area contributed by atoms with Crippen LogP contribution in [0.5, 0.6) is 0 Å². The van der Waals surface area contributed by atoms with Crippen molar-refractivity contribution >= 4 is 17.4 Å². The standard InChI is InChI=1S/C15H23N3O/c1-10-7-11(2)9-14(8-10)18-15(19)17-13-5-3-12(16)4-6-13/h3-6,10-11,14H,7-9,16H2,1-2H3,(H2,17,18,19). The van der Waals surface area contributed by atoms with Crippen LogP contribution < -0.4 is 16.4 Å². The molecule has 4 N–H and O–H groups in total. The third-order valence-corrected chi connectivity index (χ3v) is 3.68. The van der Waals surface area contributed by atoms with Gasteiger partial charge in [-0.15, -0.1) is 0 Å². The Hall–Kier alpha value is -1.71. The number of carbonyl (C=O) groups is 1. The number of anilines is 2. The summed E-state index contributed by atoms with van der Waals surface area (Å²) in [7, 11) is 0. The smallest absolute Gasteiger partial charge is 0.319 e. The molecule has 1 aromatic rings. The van der Waals surface area contributed by atoms with Gasteiger partial charge in [0, 0.05) is 17.4 Å². The summed E-state index contributed by atoms with van der Waals surface area (Å²) in [4.78, 5) is 11.9. The number of amides is 2. The van der Waals surface area contributed by atoms with Crippen molar-refractivity contribution in [3.05, 3.63) is 24.3 Å². The number of nitrogens with two attached hydrogens (primary N) is 1. The van der Waals surface area contributed by atoms with Crippen molar-refractivity contribution in [3.63, 3.8) is 0 Å². The van der Waals surface area contributed by atoms with Gasteiger partial charge in [0.15, 0.2) is 0 Å². The fourth-order valence-corrected chi connectivity index (χ4v) is 2.98. The summed E-state index contributed by atoms with van der Waals surface area (Å²) in [6, 6.07) is 7.33. The minimum Gasteiger partial charge on any atom is -0.399 e. The molecule has 4 heteroatoms. The van der Waals surface area contributed by atoms with Gasteiger partial charge in [-0.3, -0.25) is 0 Å². The molecular weight excluding hydrogens is 238 g/mol. The van der Waals surface area contributed by atoms with Gasteiger partial charge in [-0.25, -0.2) is 4.79 Å². The van der Waals surface area contributed by atoms with E-state index >= 15 is 0 Å². The van der Waals surface area contributed by atoms with Crippen molar-refractivity contribution in [2.24, 2.45) is 11.8 Å². The molecule has 0 aromatic heterocycles. The van der Waals surface area contributed by atoms with Gasteiger partial charge in [-0.2, -0.15) is 0 Å². The molecule has 1 saturated carbocycles. The predicted molar refractivity (Wildman–Crippen MR) is 79.0 cm³/mol. The molecule has 104 valence electrons. The molecule has 0 bridgehead atoms. The number of hydrogen-bond acceptors (Lipinski definition) is 2. The molecule has 1 aliphatic rings. The highest BCUT2D eigenvalue weighted by Crippen LogP contribution is 2.28. The number of urea groups is 1. The lowest BCUT2D eigenvalue weighted by molar-refractivity contribution is 0.222. The largest absolute Gasteiger partial charge is 0.399 e. The fraction of sp³-hybridized carbons (Fsp3) is 0.533. The molecule has 2 unspecified atom stereocenters. The molecule has 2 atom stereocenters. The van der Waals surface area contributed by atoms with Gasteiger partial charge in [0.2, 0.25) is 0 Å². The Bertz CT molecular complexity index is 420. The van der Waals surface area contributed by atoms with Gasteiger partial charge in [0.05, 0.1) is 0 Å². The molecule has 1 fully saturated rings. The molecule has 0 aliphatic heterocycles. The van der Waals surface area contributed by atoms with Crippen molar-refractivity contribution in [2.45, 2.75) is 39.2 Å². The molecule has 1 aliphatic carbocycles. The first-order valence-corrected chi connectivity index (χ1v) is 6.96. The molecule has 0 radical (unpaired) electrons. The Kier molecular flexibility index (Phi) is 4.30. The van der Waals surface area contributed by atoms with Gasteiger partial charge in [-0.05, 0) is 55.4 Å². The monoisotopic (exact) mass is 261 g/mol. The zero-order valence-corrected chi connectivity index (χ0v) is 11.6. The molecule has 0 heterocycles. The van der Waals surface area contributed by atoms with E-state index in [-0.39, 0.29) is 12.1 Å². The minimum absolute atomic E-state index is 0.129. The van der Waals surface area contributed by atoms with Crippen LogP contribution in [0.15, 0.2) is 24.3 Å². The molecule has 0 saturated heterocycles. The van der Waals surface area contributed by atoms with Crippen molar-refractivity contribution in [1.29, 1.82) is 0 Å². The second-order valence-electron chi connectivity index (χ2n) is 5.83. The van der Waals surface area contributed by atoms with Crippen molar-refractivity contribution in [3.8, 4) is 0 Å². The van der Waals surface area contributed by atoms with E-state index in [1.807, 2.05) is 0 Å². The Morgan fingerprint density at radius 1 is 1.11 bits per heavy atom. The first-order valence-electron chi connectivity index (χ1n) is 6.96. The quantitative estimate of drug-likeness (QED) is 0.716. The Morgan fingerprint density at radius 2 is 1.68 bits per heavy atom. The molecule has 2 rings (SSSR count). The molecule has 2 amide bonds. The van der Waals surface area contributed by atoms with Crippen LogP contribution in [0.2, 0.25) is 0 Å². The van der Waals surface area contributed by atoms with Gasteiger partial charge >= 0.3 is 6.03 Å². The van der Waals surface area contributed by atoms with E-state index in [4.69, 9.17) is 5.73 Å². The highest BCUT2D eigenvalue weighted by Gasteiger charge is 2.24. The maximum absolute atomic E-state index is 11.9. The average Bonchev–Trinajstić information content (AvgIpc) is 2.30. The average molecular weight is 261 g/mol. The van der Waals surface area contributed by atoms with Crippen LogP contribution >= 0.6 is 0 Å². The first kappa shape index (κ1) is 13.7. The SMILES string of the molecule is CC1CC(C)CC(NC(=O)Nc2ccc(N)cc2)C1. The second kappa shape index (κ2) is 5.95. The topological polar surface area (TPSA) is 67.2 Å². The molecule has 4 nitrogen and oxygen atoms in total. The fourth-order valence-electron chi connectivity index (χ4n) is 2.98. The third-order valence-electron chi connectivity index (χ3n) is 3.68. The van der Waals surface area contributed by atoms with Crippen LogP contribution in [0.4, 0.5) is 16.2 Å². The van der Waals surface area contributed by atoms with Crippen LogP contribution in [0.1, 0.15) is 33.1 Å². The summed E-state index contributed by atoms with van der Waals surface area (Å²) < 4.78 is 0. The Balaban J connectivity index is 1.85. The summed E-state index contributed by atoms with van der Waals surface area (Å²) in [6.07, 6.45) is 3.40. The number of benzene rings is 1. The van der Waals surface area contributed by atoms with E-state index in [0.29, 0.717) is 17.5 Å². The van der Waals surface area contributed by atoms with Crippen LogP contribution in [0.25, 0.3) is 0 Å². The first-order chi connectivity index (χ1) is 9.02. The third kappa shape index (κ3) is 4.16. The van der Waals surface area contributed by atoms with E-state index in [1.165, 1.54) is 6.42 Å². The number of rotatable bonds is 2. The van der Waals surface area contributed by atoms with Crippen LogP contribution in [0, 0.1) is 11.8 Å². The molecule has 19 heavy (non-hydrogen) atoms. The maximum atomic E-state index is 11.9. The van der Waals surface area contributed by atoms with Gasteiger partial charge in [0.25, 0.3) is 0 Å². The second-order valence-corrected chi connectivity index (χ2v) is 5.83. The van der Waals surface area contributed by atoms with Gasteiger partial charge in [-0.1, -0.05) is 13.8 Å². The van der Waals surface area contributed by atoms with E-state index in [9.17, 15) is 4.79 Å². The van der Waals surface area contributed by atoms with Gasteiger partial charge < -0.3 is 16.4 Å². The lowest BCUT2D eigenvalue weighted by Crippen LogP contribution is -2.42. The Morgan fingerprint density at radius 3 is 2.26 bits per heavy atom. The summed E-state index contributed by atoms with van der Waals surface area (Å²) in [5, 5.41) is 5.90. The molecule has 0 spiro atoms. The van der Waals surface area contributed by atoms with Crippen molar-refractivity contribution in [1.82, 2.24) is 5.32 Å². The van der Waals surface area contributed by atoms with E-state index in [0.717, 1.165) is 18.5 Å². The summed E-state index contributed by atoms with van der Waals surface area (Å²) in [6.45, 7) is 4.50. The number of nitrogen functional groups attached to an aromatic ring is 1. The zero-order chi connectivity index (χ0) is 13.8. The number of nitrogens with one attached hydrogen (secondary N) is 2. The Labute approximate surface area is 114 Å². The van der Waals surface area contributed by atoms with Crippen LogP contribution in [-0.2, 0) is 0 Å². The highest BCUT2D eigenvalue weighted by molar-refractivity contribution is 5.89. The van der Waals surface area contributed by atoms with Crippen LogP contribution in [0.3, 0.4) is 0 Å². The van der Waals surface area contributed by atoms with E-state index < -0.39 is 0 Å². The maximum Gasteiger partial charge on any atom is 0.319 e. The highest BCUT2D eigenvalue weighted by atomic mass is 16.2. The number of hydrogen-bond donors (Lipinski definition) is 3. The van der Waals surface area contributed by atoms with Crippen LogP contribution in [-0.4, -0.2) is 12.1 Å². The molecular formula is C15H23N3O. The van der Waals surface area contributed by atoms with Crippen molar-refractivity contribution < 1.29 is 4.79 Å². The lowest BCUT2D eigenvalue weighted by Gasteiger charge is -2.31. The van der Waals surface area contributed by atoms with Crippen molar-refractivity contribution in [2.75, 3.05) is 11.1 Å².